The Hall–Kier alpha value is -1.56. The summed E-state index contributed by atoms with van der Waals surface area (Å²) in [6, 6.07) is 0.692. The summed E-state index contributed by atoms with van der Waals surface area (Å²) in [6.45, 7) is 11.9. The summed E-state index contributed by atoms with van der Waals surface area (Å²) >= 11 is 0. The lowest BCUT2D eigenvalue weighted by molar-refractivity contribution is -0.188. The van der Waals surface area contributed by atoms with Crippen LogP contribution in [0.2, 0.25) is 0 Å². The number of nitrogens with one attached hydrogen (secondary N) is 2. The lowest BCUT2D eigenvalue weighted by Gasteiger charge is -2.60. The SMILES string of the molecule is CN=C(NC(C)Cc1c(C)nn(C)c1C)NC1C2CCCOC2C1(C)C. The van der Waals surface area contributed by atoms with Gasteiger partial charge in [0.2, 0.25) is 0 Å². The van der Waals surface area contributed by atoms with Crippen molar-refractivity contribution >= 4 is 5.96 Å². The molecule has 1 saturated carbocycles. The van der Waals surface area contributed by atoms with Gasteiger partial charge in [-0.15, -0.1) is 0 Å². The second-order valence-corrected chi connectivity index (χ2v) is 8.64. The fourth-order valence-electron chi connectivity index (χ4n) is 4.84. The zero-order valence-corrected chi connectivity index (χ0v) is 17.4. The van der Waals surface area contributed by atoms with E-state index in [0.717, 1.165) is 31.1 Å². The Kier molecular flexibility index (Phi) is 5.33. The number of rotatable bonds is 4. The molecule has 1 aliphatic carbocycles. The van der Waals surface area contributed by atoms with Crippen LogP contribution in [0.15, 0.2) is 4.99 Å². The van der Waals surface area contributed by atoms with Crippen molar-refractivity contribution in [1.29, 1.82) is 0 Å². The van der Waals surface area contributed by atoms with E-state index < -0.39 is 0 Å². The smallest absolute Gasteiger partial charge is 0.191 e. The Morgan fingerprint density at radius 2 is 2.15 bits per heavy atom. The molecular weight excluding hydrogens is 326 g/mol. The quantitative estimate of drug-likeness (QED) is 0.638. The molecule has 1 aliphatic heterocycles. The summed E-state index contributed by atoms with van der Waals surface area (Å²) in [5, 5.41) is 11.8. The van der Waals surface area contributed by atoms with Gasteiger partial charge in [0.1, 0.15) is 0 Å². The van der Waals surface area contributed by atoms with Gasteiger partial charge in [-0.05, 0) is 45.6 Å². The van der Waals surface area contributed by atoms with Crippen molar-refractivity contribution in [1.82, 2.24) is 20.4 Å². The van der Waals surface area contributed by atoms with E-state index in [9.17, 15) is 0 Å². The van der Waals surface area contributed by atoms with Crippen LogP contribution in [-0.4, -0.2) is 47.6 Å². The number of guanidine groups is 1. The summed E-state index contributed by atoms with van der Waals surface area (Å²) < 4.78 is 7.98. The third kappa shape index (κ3) is 3.36. The highest BCUT2D eigenvalue weighted by atomic mass is 16.5. The number of aromatic nitrogens is 2. The second kappa shape index (κ2) is 7.22. The molecule has 4 unspecified atom stereocenters. The number of aryl methyl sites for hydroxylation is 2. The van der Waals surface area contributed by atoms with Gasteiger partial charge in [-0.1, -0.05) is 13.8 Å². The standard InChI is InChI=1S/C20H35N5O/c1-12(11-16-13(2)24-25(7)14(16)3)22-19(21-6)23-17-15-9-8-10-26-18(15)20(17,4)5/h12,15,17-18H,8-11H2,1-7H3,(H2,21,22,23). The Morgan fingerprint density at radius 3 is 2.77 bits per heavy atom. The second-order valence-electron chi connectivity index (χ2n) is 8.64. The van der Waals surface area contributed by atoms with Gasteiger partial charge in [-0.2, -0.15) is 5.10 Å². The molecule has 6 nitrogen and oxygen atoms in total. The van der Waals surface area contributed by atoms with Crippen molar-refractivity contribution in [2.75, 3.05) is 13.7 Å². The Morgan fingerprint density at radius 1 is 1.42 bits per heavy atom. The van der Waals surface area contributed by atoms with Gasteiger partial charge >= 0.3 is 0 Å². The number of hydrogen-bond donors (Lipinski definition) is 2. The van der Waals surface area contributed by atoms with Gasteiger partial charge in [0.05, 0.1) is 11.8 Å². The minimum Gasteiger partial charge on any atom is -0.377 e. The van der Waals surface area contributed by atoms with Crippen molar-refractivity contribution in [2.45, 2.75) is 72.1 Å². The Bertz CT molecular complexity index is 678. The monoisotopic (exact) mass is 361 g/mol. The lowest BCUT2D eigenvalue weighted by atomic mass is 9.55. The first-order chi connectivity index (χ1) is 12.3. The fourth-order valence-corrected chi connectivity index (χ4v) is 4.84. The molecule has 1 saturated heterocycles. The van der Waals surface area contributed by atoms with Crippen LogP contribution in [0.5, 0.6) is 0 Å². The minimum absolute atomic E-state index is 0.141. The van der Waals surface area contributed by atoms with E-state index in [-0.39, 0.29) is 11.5 Å². The van der Waals surface area contributed by atoms with Crippen molar-refractivity contribution in [3.63, 3.8) is 0 Å². The number of hydrogen-bond acceptors (Lipinski definition) is 3. The first kappa shape index (κ1) is 19.2. The van der Waals surface area contributed by atoms with Crippen LogP contribution < -0.4 is 10.6 Å². The normalized spacial score (nSPS) is 28.9. The molecule has 26 heavy (non-hydrogen) atoms. The number of aliphatic imine (C=N–C) groups is 1. The summed E-state index contributed by atoms with van der Waals surface area (Å²) in [5.41, 5.74) is 3.82. The summed E-state index contributed by atoms with van der Waals surface area (Å²) in [5.74, 6) is 1.48. The van der Waals surface area contributed by atoms with Crippen LogP contribution in [0.1, 0.15) is 50.6 Å². The van der Waals surface area contributed by atoms with E-state index in [0.29, 0.717) is 18.1 Å². The molecule has 2 aliphatic rings. The van der Waals surface area contributed by atoms with Crippen molar-refractivity contribution < 1.29 is 4.74 Å². The van der Waals surface area contributed by atoms with E-state index in [4.69, 9.17) is 4.74 Å². The predicted molar refractivity (Wildman–Crippen MR) is 106 cm³/mol. The zero-order valence-electron chi connectivity index (χ0n) is 17.4. The Balaban J connectivity index is 1.61. The molecule has 0 spiro atoms. The summed E-state index contributed by atoms with van der Waals surface area (Å²) in [6.07, 6.45) is 3.73. The first-order valence-corrected chi connectivity index (χ1v) is 9.86. The molecule has 1 aromatic heterocycles. The van der Waals surface area contributed by atoms with E-state index in [1.54, 1.807) is 0 Å². The van der Waals surface area contributed by atoms with Crippen LogP contribution in [0.3, 0.4) is 0 Å². The van der Waals surface area contributed by atoms with E-state index in [2.05, 4.69) is 55.3 Å². The highest BCUT2D eigenvalue weighted by Gasteiger charge is 2.58. The van der Waals surface area contributed by atoms with Crippen LogP contribution in [0, 0.1) is 25.2 Å². The van der Waals surface area contributed by atoms with Crippen LogP contribution >= 0.6 is 0 Å². The maximum atomic E-state index is 6.02. The molecule has 0 aromatic carbocycles. The summed E-state index contributed by atoms with van der Waals surface area (Å²) in [7, 11) is 3.86. The largest absolute Gasteiger partial charge is 0.377 e. The van der Waals surface area contributed by atoms with Gasteiger partial charge in [-0.25, -0.2) is 0 Å². The van der Waals surface area contributed by atoms with Crippen molar-refractivity contribution in [3.05, 3.63) is 17.0 Å². The zero-order chi connectivity index (χ0) is 19.1. The lowest BCUT2D eigenvalue weighted by Crippen LogP contribution is -2.71. The number of nitrogens with zero attached hydrogens (tertiary/aromatic N) is 3. The molecule has 3 rings (SSSR count). The van der Waals surface area contributed by atoms with Gasteiger partial charge in [0.25, 0.3) is 0 Å². The van der Waals surface area contributed by atoms with Gasteiger partial charge < -0.3 is 15.4 Å². The third-order valence-corrected chi connectivity index (χ3v) is 6.40. The molecular formula is C20H35N5O. The molecule has 2 N–H and O–H groups in total. The van der Waals surface area contributed by atoms with Crippen molar-refractivity contribution in [3.8, 4) is 0 Å². The van der Waals surface area contributed by atoms with E-state index in [1.165, 1.54) is 17.7 Å². The average Bonchev–Trinajstić information content (AvgIpc) is 2.84. The maximum absolute atomic E-state index is 6.02. The first-order valence-electron chi connectivity index (χ1n) is 9.86. The number of ether oxygens (including phenoxy) is 1. The van der Waals surface area contributed by atoms with Crippen molar-refractivity contribution in [2.24, 2.45) is 23.4 Å². The molecule has 146 valence electrons. The number of fused-ring (bicyclic) bond motifs is 1. The molecule has 0 radical (unpaired) electrons. The maximum Gasteiger partial charge on any atom is 0.191 e. The predicted octanol–water partition coefficient (Wildman–Crippen LogP) is 2.34. The Labute approximate surface area is 157 Å². The molecule has 0 bridgehead atoms. The van der Waals surface area contributed by atoms with E-state index in [1.807, 2.05) is 18.8 Å². The molecule has 2 heterocycles. The average molecular weight is 362 g/mol. The highest BCUT2D eigenvalue weighted by molar-refractivity contribution is 5.80. The van der Waals surface area contributed by atoms with Gasteiger partial charge in [0, 0.05) is 49.8 Å². The molecule has 4 atom stereocenters. The summed E-state index contributed by atoms with van der Waals surface area (Å²) in [4.78, 5) is 4.48. The van der Waals surface area contributed by atoms with Crippen LogP contribution in [0.4, 0.5) is 0 Å². The third-order valence-electron chi connectivity index (χ3n) is 6.40. The molecule has 0 amide bonds. The molecule has 6 heteroatoms. The van der Waals surface area contributed by atoms with Crippen LogP contribution in [-0.2, 0) is 18.2 Å². The molecule has 1 aromatic rings. The highest BCUT2D eigenvalue weighted by Crippen LogP contribution is 2.51. The fraction of sp³-hybridized carbons (Fsp3) is 0.800. The molecule has 2 fully saturated rings. The van der Waals surface area contributed by atoms with Gasteiger partial charge in [-0.3, -0.25) is 9.67 Å². The minimum atomic E-state index is 0.141. The van der Waals surface area contributed by atoms with Gasteiger partial charge in [0.15, 0.2) is 5.96 Å². The van der Waals surface area contributed by atoms with E-state index >= 15 is 0 Å². The topological polar surface area (TPSA) is 63.5 Å². The van der Waals surface area contributed by atoms with Crippen LogP contribution in [0.25, 0.3) is 0 Å².